The molecule has 0 spiro atoms. The van der Waals surface area contributed by atoms with Gasteiger partial charge in [-0.15, -0.1) is 0 Å². The summed E-state index contributed by atoms with van der Waals surface area (Å²) in [6.07, 6.45) is 3.94. The van der Waals surface area contributed by atoms with Crippen LogP contribution in [0.1, 0.15) is 0 Å². The van der Waals surface area contributed by atoms with Gasteiger partial charge in [0.05, 0.1) is 6.34 Å². The number of hydrogen-bond acceptors (Lipinski definition) is 2. The van der Waals surface area contributed by atoms with Gasteiger partial charge in [0.1, 0.15) is 0 Å². The van der Waals surface area contributed by atoms with E-state index >= 15 is 0 Å². The first-order chi connectivity index (χ1) is 4.72. The molecule has 0 heterocycles. The lowest BCUT2D eigenvalue weighted by Gasteiger charge is -2.05. The van der Waals surface area contributed by atoms with Crippen molar-refractivity contribution in [3.8, 4) is 0 Å². The Hall–Kier alpha value is -1.38. The summed E-state index contributed by atoms with van der Waals surface area (Å²) in [6.45, 7) is 6.67. The molecule has 0 atom stereocenters. The molecular formula is C7H10N2O. The highest BCUT2D eigenvalue weighted by Crippen LogP contribution is 1.80. The van der Waals surface area contributed by atoms with Crippen molar-refractivity contribution < 1.29 is 4.79 Å². The van der Waals surface area contributed by atoms with Crippen LogP contribution in [0, 0.1) is 0 Å². The molecule has 0 N–H and O–H groups in total. The van der Waals surface area contributed by atoms with E-state index in [0.717, 1.165) is 0 Å². The molecule has 0 aromatic rings. The Bertz CT molecular complexity index is 172. The third-order valence-electron chi connectivity index (χ3n) is 0.868. The second-order valence-corrected chi connectivity index (χ2v) is 1.60. The lowest BCUT2D eigenvalue weighted by Crippen LogP contribution is -2.22. The minimum atomic E-state index is -0.189. The maximum absolute atomic E-state index is 10.7. The van der Waals surface area contributed by atoms with Crippen molar-refractivity contribution in [2.75, 3.05) is 7.05 Å². The quantitative estimate of drug-likeness (QED) is 0.322. The Kier molecular flexibility index (Phi) is 3.87. The van der Waals surface area contributed by atoms with Gasteiger partial charge in [-0.05, 0) is 6.08 Å². The van der Waals surface area contributed by atoms with E-state index in [0.29, 0.717) is 0 Å². The standard InChI is InChI=1S/C7H10N2O/c1-4-7(10)9(3)6-8-5-2/h4-6H,1-2H2,3H3. The fourth-order valence-electron chi connectivity index (χ4n) is 0.348. The summed E-state index contributed by atoms with van der Waals surface area (Å²) < 4.78 is 0. The largest absolute Gasteiger partial charge is 0.302 e. The van der Waals surface area contributed by atoms with Crippen molar-refractivity contribution in [3.05, 3.63) is 25.4 Å². The topological polar surface area (TPSA) is 32.7 Å². The molecule has 0 rings (SSSR count). The smallest absolute Gasteiger partial charge is 0.250 e. The van der Waals surface area contributed by atoms with Crippen molar-refractivity contribution >= 4 is 12.2 Å². The molecule has 0 aliphatic rings. The predicted octanol–water partition coefficient (Wildman–Crippen LogP) is 0.803. The van der Waals surface area contributed by atoms with Gasteiger partial charge in [0.15, 0.2) is 0 Å². The van der Waals surface area contributed by atoms with Crippen molar-refractivity contribution in [1.82, 2.24) is 4.90 Å². The fourth-order valence-corrected chi connectivity index (χ4v) is 0.348. The molecule has 3 nitrogen and oxygen atoms in total. The Balaban J connectivity index is 3.94. The van der Waals surface area contributed by atoms with E-state index in [1.807, 2.05) is 0 Å². The van der Waals surface area contributed by atoms with Gasteiger partial charge in [-0.1, -0.05) is 13.2 Å². The van der Waals surface area contributed by atoms with Gasteiger partial charge in [0.2, 0.25) is 0 Å². The van der Waals surface area contributed by atoms with Gasteiger partial charge in [0, 0.05) is 13.2 Å². The lowest BCUT2D eigenvalue weighted by atomic mass is 10.5. The van der Waals surface area contributed by atoms with E-state index in [1.54, 1.807) is 7.05 Å². The van der Waals surface area contributed by atoms with Crippen LogP contribution < -0.4 is 0 Å². The normalized spacial score (nSPS) is 9.30. The first-order valence-corrected chi connectivity index (χ1v) is 2.75. The molecule has 0 saturated heterocycles. The number of amides is 1. The van der Waals surface area contributed by atoms with E-state index in [2.05, 4.69) is 18.2 Å². The van der Waals surface area contributed by atoms with Crippen LogP contribution in [0.25, 0.3) is 0 Å². The Labute approximate surface area is 60.4 Å². The highest BCUT2D eigenvalue weighted by molar-refractivity contribution is 5.94. The first-order valence-electron chi connectivity index (χ1n) is 2.75. The minimum absolute atomic E-state index is 0.189. The highest BCUT2D eigenvalue weighted by Gasteiger charge is 1.96. The zero-order valence-corrected chi connectivity index (χ0v) is 5.95. The van der Waals surface area contributed by atoms with Crippen LogP contribution in [0.4, 0.5) is 0 Å². The number of carbonyl (C=O) groups is 1. The molecule has 0 radical (unpaired) electrons. The zero-order chi connectivity index (χ0) is 7.98. The van der Waals surface area contributed by atoms with Crippen LogP contribution in [0.5, 0.6) is 0 Å². The summed E-state index contributed by atoms with van der Waals surface area (Å²) in [5.74, 6) is -0.189. The van der Waals surface area contributed by atoms with Crippen LogP contribution in [-0.4, -0.2) is 24.2 Å². The summed E-state index contributed by atoms with van der Waals surface area (Å²) in [7, 11) is 1.59. The number of likely N-dealkylation sites (N-methyl/N-ethyl adjacent to an activating group) is 1. The summed E-state index contributed by atoms with van der Waals surface area (Å²) >= 11 is 0. The summed E-state index contributed by atoms with van der Waals surface area (Å²) in [5, 5.41) is 0. The van der Waals surface area contributed by atoms with Crippen LogP contribution in [0.15, 0.2) is 30.4 Å². The highest BCUT2D eigenvalue weighted by atomic mass is 16.2. The molecule has 54 valence electrons. The van der Waals surface area contributed by atoms with Gasteiger partial charge in [-0.2, -0.15) is 0 Å². The van der Waals surface area contributed by atoms with Crippen molar-refractivity contribution in [2.24, 2.45) is 4.99 Å². The predicted molar refractivity (Wildman–Crippen MR) is 41.7 cm³/mol. The van der Waals surface area contributed by atoms with E-state index in [4.69, 9.17) is 0 Å². The average Bonchev–Trinajstić information content (AvgIpc) is 1.98. The molecule has 0 aromatic heterocycles. The zero-order valence-electron chi connectivity index (χ0n) is 5.95. The van der Waals surface area contributed by atoms with Crippen molar-refractivity contribution in [1.29, 1.82) is 0 Å². The van der Waals surface area contributed by atoms with E-state index in [9.17, 15) is 4.79 Å². The number of aliphatic imine (C=N–C) groups is 1. The Morgan fingerprint density at radius 3 is 2.60 bits per heavy atom. The molecule has 0 unspecified atom stereocenters. The number of hydrogen-bond donors (Lipinski definition) is 0. The molecule has 0 aromatic carbocycles. The molecule has 0 fully saturated rings. The van der Waals surface area contributed by atoms with Gasteiger partial charge >= 0.3 is 0 Å². The molecule has 0 saturated carbocycles. The summed E-state index contributed by atoms with van der Waals surface area (Å²) in [6, 6.07) is 0. The number of nitrogens with zero attached hydrogens (tertiary/aromatic N) is 2. The van der Waals surface area contributed by atoms with Crippen LogP contribution in [-0.2, 0) is 4.79 Å². The molecule has 0 aliphatic carbocycles. The number of carbonyl (C=O) groups excluding carboxylic acids is 1. The van der Waals surface area contributed by atoms with Crippen molar-refractivity contribution in [2.45, 2.75) is 0 Å². The maximum Gasteiger partial charge on any atom is 0.250 e. The second kappa shape index (κ2) is 4.49. The maximum atomic E-state index is 10.7. The van der Waals surface area contributed by atoms with E-state index in [1.165, 1.54) is 23.5 Å². The van der Waals surface area contributed by atoms with E-state index in [-0.39, 0.29) is 5.91 Å². The molecule has 1 amide bonds. The average molecular weight is 138 g/mol. The second-order valence-electron chi connectivity index (χ2n) is 1.60. The SMILES string of the molecule is C=CN=CN(C)C(=O)C=C. The Morgan fingerprint density at radius 1 is 1.60 bits per heavy atom. The monoisotopic (exact) mass is 138 g/mol. The fraction of sp³-hybridized carbons (Fsp3) is 0.143. The molecular weight excluding hydrogens is 128 g/mol. The molecule has 0 bridgehead atoms. The minimum Gasteiger partial charge on any atom is -0.302 e. The number of rotatable bonds is 3. The Morgan fingerprint density at radius 2 is 2.20 bits per heavy atom. The summed E-state index contributed by atoms with van der Waals surface area (Å²) in [4.78, 5) is 15.7. The van der Waals surface area contributed by atoms with Gasteiger partial charge < -0.3 is 4.90 Å². The third kappa shape index (κ3) is 2.81. The summed E-state index contributed by atoms with van der Waals surface area (Å²) in [5.41, 5.74) is 0. The molecule has 0 aliphatic heterocycles. The van der Waals surface area contributed by atoms with Crippen molar-refractivity contribution in [3.63, 3.8) is 0 Å². The van der Waals surface area contributed by atoms with Crippen LogP contribution in [0.3, 0.4) is 0 Å². The van der Waals surface area contributed by atoms with Crippen LogP contribution >= 0.6 is 0 Å². The molecule has 3 heteroatoms. The van der Waals surface area contributed by atoms with Gasteiger partial charge in [0.25, 0.3) is 5.91 Å². The third-order valence-corrected chi connectivity index (χ3v) is 0.868. The first kappa shape index (κ1) is 8.62. The van der Waals surface area contributed by atoms with Gasteiger partial charge in [-0.25, -0.2) is 4.99 Å². The van der Waals surface area contributed by atoms with Crippen LogP contribution in [0.2, 0.25) is 0 Å². The molecule has 10 heavy (non-hydrogen) atoms. The van der Waals surface area contributed by atoms with E-state index < -0.39 is 0 Å². The van der Waals surface area contributed by atoms with Gasteiger partial charge in [-0.3, -0.25) is 4.79 Å². The lowest BCUT2D eigenvalue weighted by molar-refractivity contribution is -0.121.